The van der Waals surface area contributed by atoms with Gasteiger partial charge in [0.1, 0.15) is 6.61 Å². The molecule has 2 aliphatic rings. The normalized spacial score (nSPS) is 22.6. The molecule has 6 heteroatoms. The first kappa shape index (κ1) is 15.3. The fourth-order valence-electron chi connectivity index (χ4n) is 3.17. The Morgan fingerprint density at radius 2 is 1.90 bits per heavy atom. The molecule has 0 radical (unpaired) electrons. The Balaban J connectivity index is 1.77. The first-order chi connectivity index (χ1) is 9.60. The van der Waals surface area contributed by atoms with Gasteiger partial charge in [-0.1, -0.05) is 12.8 Å². The molecule has 20 heavy (non-hydrogen) atoms. The molecular weight excluding hydrogens is 260 g/mol. The molecule has 0 aromatic carbocycles. The number of carbonyl (C=O) groups excluding carboxylic acids is 1. The highest BCUT2D eigenvalue weighted by Gasteiger charge is 2.37. The SMILES string of the molecule is O=C(O)CC1(NC(=O)COC2CCNCC2)CCCC1. The molecule has 1 aliphatic carbocycles. The van der Waals surface area contributed by atoms with Gasteiger partial charge in [-0.05, 0) is 38.8 Å². The van der Waals surface area contributed by atoms with Crippen molar-refractivity contribution < 1.29 is 19.4 Å². The van der Waals surface area contributed by atoms with E-state index in [1.54, 1.807) is 0 Å². The summed E-state index contributed by atoms with van der Waals surface area (Å²) in [6.45, 7) is 1.89. The Bertz CT molecular complexity index is 347. The Morgan fingerprint density at radius 1 is 1.25 bits per heavy atom. The number of carboxylic acids is 1. The summed E-state index contributed by atoms with van der Waals surface area (Å²) in [5.74, 6) is -1.04. The molecule has 114 valence electrons. The average molecular weight is 284 g/mol. The van der Waals surface area contributed by atoms with Crippen molar-refractivity contribution in [3.8, 4) is 0 Å². The molecule has 2 rings (SSSR count). The van der Waals surface area contributed by atoms with E-state index in [0.717, 1.165) is 51.6 Å². The summed E-state index contributed by atoms with van der Waals surface area (Å²) in [7, 11) is 0. The Kier molecular flexibility index (Phi) is 5.37. The number of carboxylic acid groups (broad SMARTS) is 1. The lowest BCUT2D eigenvalue weighted by Gasteiger charge is -2.29. The zero-order valence-corrected chi connectivity index (χ0v) is 11.8. The van der Waals surface area contributed by atoms with E-state index in [-0.39, 0.29) is 25.0 Å². The predicted octanol–water partition coefficient (Wildman–Crippen LogP) is 0.659. The molecule has 2 fully saturated rings. The fourth-order valence-corrected chi connectivity index (χ4v) is 3.17. The van der Waals surface area contributed by atoms with Crippen LogP contribution in [-0.4, -0.2) is 48.3 Å². The van der Waals surface area contributed by atoms with Crippen molar-refractivity contribution in [1.29, 1.82) is 0 Å². The van der Waals surface area contributed by atoms with E-state index in [1.165, 1.54) is 0 Å². The Labute approximate surface area is 119 Å². The Morgan fingerprint density at radius 3 is 2.50 bits per heavy atom. The molecule has 3 N–H and O–H groups in total. The molecule has 0 bridgehead atoms. The van der Waals surface area contributed by atoms with E-state index in [2.05, 4.69) is 10.6 Å². The lowest BCUT2D eigenvalue weighted by molar-refractivity contribution is -0.139. The van der Waals surface area contributed by atoms with Gasteiger partial charge in [-0.2, -0.15) is 0 Å². The van der Waals surface area contributed by atoms with Crippen molar-refractivity contribution in [2.45, 2.75) is 56.6 Å². The van der Waals surface area contributed by atoms with Crippen molar-refractivity contribution in [2.75, 3.05) is 19.7 Å². The maximum atomic E-state index is 12.0. The van der Waals surface area contributed by atoms with E-state index in [1.807, 2.05) is 0 Å². The average Bonchev–Trinajstić information content (AvgIpc) is 2.85. The van der Waals surface area contributed by atoms with Crippen molar-refractivity contribution in [3.05, 3.63) is 0 Å². The van der Waals surface area contributed by atoms with Crippen molar-refractivity contribution in [1.82, 2.24) is 10.6 Å². The molecular formula is C14H24N2O4. The molecule has 0 unspecified atom stereocenters. The minimum atomic E-state index is -0.855. The van der Waals surface area contributed by atoms with Crippen LogP contribution in [0, 0.1) is 0 Å². The highest BCUT2D eigenvalue weighted by molar-refractivity contribution is 5.79. The second-order valence-electron chi connectivity index (χ2n) is 5.87. The molecule has 0 aromatic rings. The van der Waals surface area contributed by atoms with Crippen LogP contribution in [0.5, 0.6) is 0 Å². The second-order valence-corrected chi connectivity index (χ2v) is 5.87. The van der Waals surface area contributed by atoms with Gasteiger partial charge in [-0.25, -0.2) is 0 Å². The number of hydrogen-bond donors (Lipinski definition) is 3. The summed E-state index contributed by atoms with van der Waals surface area (Å²) < 4.78 is 5.61. The fraction of sp³-hybridized carbons (Fsp3) is 0.857. The molecule has 6 nitrogen and oxygen atoms in total. The van der Waals surface area contributed by atoms with Crippen molar-refractivity contribution >= 4 is 11.9 Å². The summed E-state index contributed by atoms with van der Waals surface area (Å²) in [5.41, 5.74) is -0.555. The van der Waals surface area contributed by atoms with Crippen LogP contribution in [0.2, 0.25) is 0 Å². The van der Waals surface area contributed by atoms with Gasteiger partial charge in [0.15, 0.2) is 0 Å². The van der Waals surface area contributed by atoms with Gasteiger partial charge in [0, 0.05) is 0 Å². The van der Waals surface area contributed by atoms with Gasteiger partial charge >= 0.3 is 5.97 Å². The third kappa shape index (κ3) is 4.45. The monoisotopic (exact) mass is 284 g/mol. The van der Waals surface area contributed by atoms with Gasteiger partial charge in [-0.15, -0.1) is 0 Å². The van der Waals surface area contributed by atoms with E-state index in [4.69, 9.17) is 9.84 Å². The third-order valence-electron chi connectivity index (χ3n) is 4.19. The van der Waals surface area contributed by atoms with Crippen LogP contribution in [0.15, 0.2) is 0 Å². The van der Waals surface area contributed by atoms with Crippen LogP contribution >= 0.6 is 0 Å². The molecule has 1 heterocycles. The highest BCUT2D eigenvalue weighted by atomic mass is 16.5. The molecule has 0 atom stereocenters. The summed E-state index contributed by atoms with van der Waals surface area (Å²) in [4.78, 5) is 22.9. The minimum Gasteiger partial charge on any atom is -0.481 e. The first-order valence-corrected chi connectivity index (χ1v) is 7.45. The third-order valence-corrected chi connectivity index (χ3v) is 4.19. The molecule has 0 aromatic heterocycles. The minimum absolute atomic E-state index is 0.00604. The van der Waals surface area contributed by atoms with Gasteiger partial charge in [0.05, 0.1) is 18.1 Å². The number of ether oxygens (including phenoxy) is 1. The van der Waals surface area contributed by atoms with Gasteiger partial charge < -0.3 is 20.5 Å². The molecule has 0 spiro atoms. The number of aliphatic carboxylic acids is 1. The van der Waals surface area contributed by atoms with Crippen LogP contribution < -0.4 is 10.6 Å². The van der Waals surface area contributed by atoms with Gasteiger partial charge in [0.2, 0.25) is 5.91 Å². The van der Waals surface area contributed by atoms with Crippen molar-refractivity contribution in [2.24, 2.45) is 0 Å². The summed E-state index contributed by atoms with van der Waals surface area (Å²) in [6, 6.07) is 0. The maximum Gasteiger partial charge on any atom is 0.305 e. The summed E-state index contributed by atoms with van der Waals surface area (Å²) in [5, 5.41) is 15.1. The smallest absolute Gasteiger partial charge is 0.305 e. The zero-order valence-electron chi connectivity index (χ0n) is 11.8. The molecule has 1 aliphatic heterocycles. The van der Waals surface area contributed by atoms with Crippen LogP contribution in [-0.2, 0) is 14.3 Å². The summed E-state index contributed by atoms with van der Waals surface area (Å²) in [6.07, 6.45) is 5.44. The lowest BCUT2D eigenvalue weighted by Crippen LogP contribution is -2.49. The topological polar surface area (TPSA) is 87.7 Å². The largest absolute Gasteiger partial charge is 0.481 e. The lowest BCUT2D eigenvalue weighted by atomic mass is 9.93. The quantitative estimate of drug-likeness (QED) is 0.667. The number of carbonyl (C=O) groups is 2. The van der Waals surface area contributed by atoms with E-state index in [9.17, 15) is 9.59 Å². The maximum absolute atomic E-state index is 12.0. The van der Waals surface area contributed by atoms with Gasteiger partial charge in [0.25, 0.3) is 0 Å². The predicted molar refractivity (Wildman–Crippen MR) is 73.4 cm³/mol. The number of hydrogen-bond acceptors (Lipinski definition) is 4. The van der Waals surface area contributed by atoms with Crippen LogP contribution in [0.3, 0.4) is 0 Å². The molecule has 1 saturated heterocycles. The highest BCUT2D eigenvalue weighted by Crippen LogP contribution is 2.32. The standard InChI is InChI=1S/C14H24N2O4/c17-12(10-20-11-3-7-15-8-4-11)16-14(9-13(18)19)5-1-2-6-14/h11,15H,1-10H2,(H,16,17)(H,18,19). The molecule has 1 saturated carbocycles. The van der Waals surface area contributed by atoms with Crippen LogP contribution in [0.1, 0.15) is 44.9 Å². The van der Waals surface area contributed by atoms with Crippen LogP contribution in [0.4, 0.5) is 0 Å². The first-order valence-electron chi connectivity index (χ1n) is 7.45. The van der Waals surface area contributed by atoms with Gasteiger partial charge in [-0.3, -0.25) is 9.59 Å². The van der Waals surface area contributed by atoms with E-state index < -0.39 is 11.5 Å². The number of amides is 1. The zero-order chi connectivity index (χ0) is 14.4. The second kappa shape index (κ2) is 7.04. The Hall–Kier alpha value is -1.14. The number of piperidine rings is 1. The van der Waals surface area contributed by atoms with Crippen molar-refractivity contribution in [3.63, 3.8) is 0 Å². The van der Waals surface area contributed by atoms with E-state index >= 15 is 0 Å². The summed E-state index contributed by atoms with van der Waals surface area (Å²) >= 11 is 0. The number of rotatable bonds is 6. The van der Waals surface area contributed by atoms with Crippen LogP contribution in [0.25, 0.3) is 0 Å². The number of nitrogens with one attached hydrogen (secondary N) is 2. The molecule has 1 amide bonds. The van der Waals surface area contributed by atoms with E-state index in [0.29, 0.717) is 0 Å².